The van der Waals surface area contributed by atoms with Gasteiger partial charge in [0, 0.05) is 29.9 Å². The number of hydrogen-bond donors (Lipinski definition) is 1. The zero-order chi connectivity index (χ0) is 18.8. The number of rotatable bonds is 4. The summed E-state index contributed by atoms with van der Waals surface area (Å²) in [6.45, 7) is 2.09. The standard InChI is InChI=1S/C22H27N5/c1-15-13-23-11-10-19(15)16-4-9-21-20(12-16)22(25-14-24-21)26-17-5-7-18(8-6-17)27(2)3/h4,9-14,17-18H,5-8H2,1-3H3,(H,24,25,26)/t17-,18-. The highest BCUT2D eigenvalue weighted by molar-refractivity contribution is 5.92. The van der Waals surface area contributed by atoms with Gasteiger partial charge in [0.05, 0.1) is 5.52 Å². The molecule has 0 bridgehead atoms. The molecule has 5 nitrogen and oxygen atoms in total. The largest absolute Gasteiger partial charge is 0.367 e. The molecule has 27 heavy (non-hydrogen) atoms. The summed E-state index contributed by atoms with van der Waals surface area (Å²) >= 11 is 0. The van der Waals surface area contributed by atoms with E-state index >= 15 is 0 Å². The van der Waals surface area contributed by atoms with Gasteiger partial charge in [-0.05, 0) is 81.6 Å². The van der Waals surface area contributed by atoms with Crippen molar-refractivity contribution in [3.05, 3.63) is 48.5 Å². The number of anilines is 1. The Morgan fingerprint density at radius 2 is 1.85 bits per heavy atom. The van der Waals surface area contributed by atoms with Gasteiger partial charge in [-0.15, -0.1) is 0 Å². The maximum atomic E-state index is 4.57. The highest BCUT2D eigenvalue weighted by atomic mass is 15.1. The van der Waals surface area contributed by atoms with E-state index in [1.165, 1.54) is 42.4 Å². The van der Waals surface area contributed by atoms with E-state index in [4.69, 9.17) is 0 Å². The molecule has 2 heterocycles. The van der Waals surface area contributed by atoms with Crippen LogP contribution in [0.15, 0.2) is 43.0 Å². The molecule has 3 aromatic rings. The third kappa shape index (κ3) is 3.78. The maximum Gasteiger partial charge on any atom is 0.137 e. The third-order valence-corrected chi connectivity index (χ3v) is 5.73. The van der Waals surface area contributed by atoms with Gasteiger partial charge >= 0.3 is 0 Å². The van der Waals surface area contributed by atoms with Crippen molar-refractivity contribution in [1.82, 2.24) is 19.9 Å². The maximum absolute atomic E-state index is 4.57. The summed E-state index contributed by atoms with van der Waals surface area (Å²) in [6, 6.07) is 9.66. The molecule has 0 unspecified atom stereocenters. The Morgan fingerprint density at radius 3 is 2.59 bits per heavy atom. The molecule has 1 fully saturated rings. The molecular weight excluding hydrogens is 334 g/mol. The molecule has 1 aliphatic rings. The molecule has 5 heteroatoms. The van der Waals surface area contributed by atoms with Crippen molar-refractivity contribution in [2.45, 2.75) is 44.7 Å². The molecular formula is C22H27N5. The summed E-state index contributed by atoms with van der Waals surface area (Å²) in [5, 5.41) is 4.78. The van der Waals surface area contributed by atoms with Crippen LogP contribution in [-0.4, -0.2) is 46.0 Å². The first kappa shape index (κ1) is 17.9. The number of nitrogens with one attached hydrogen (secondary N) is 1. The van der Waals surface area contributed by atoms with Gasteiger partial charge in [-0.1, -0.05) is 6.07 Å². The van der Waals surface area contributed by atoms with Crippen LogP contribution in [0.4, 0.5) is 5.82 Å². The van der Waals surface area contributed by atoms with E-state index in [0.29, 0.717) is 12.1 Å². The van der Waals surface area contributed by atoms with Crippen LogP contribution in [0.3, 0.4) is 0 Å². The van der Waals surface area contributed by atoms with Crippen LogP contribution in [0, 0.1) is 6.92 Å². The van der Waals surface area contributed by atoms with E-state index in [2.05, 4.69) is 70.5 Å². The summed E-state index contributed by atoms with van der Waals surface area (Å²) in [4.78, 5) is 15.6. The molecule has 0 atom stereocenters. The van der Waals surface area contributed by atoms with Crippen molar-refractivity contribution in [1.29, 1.82) is 0 Å². The first-order valence-corrected chi connectivity index (χ1v) is 9.70. The van der Waals surface area contributed by atoms with Crippen LogP contribution >= 0.6 is 0 Å². The molecule has 2 aromatic heterocycles. The Bertz CT molecular complexity index is 929. The molecule has 1 N–H and O–H groups in total. The Kier molecular flexibility index (Phi) is 5.03. The summed E-state index contributed by atoms with van der Waals surface area (Å²) in [7, 11) is 4.36. The quantitative estimate of drug-likeness (QED) is 0.751. The molecule has 140 valence electrons. The summed E-state index contributed by atoms with van der Waals surface area (Å²) in [5.41, 5.74) is 4.53. The van der Waals surface area contributed by atoms with E-state index in [9.17, 15) is 0 Å². The van der Waals surface area contributed by atoms with Gasteiger partial charge in [-0.25, -0.2) is 9.97 Å². The SMILES string of the molecule is Cc1cnccc1-c1ccc2ncnc(N[C@H]3CC[C@H](N(C)C)CC3)c2c1. The van der Waals surface area contributed by atoms with Crippen LogP contribution in [0.1, 0.15) is 31.2 Å². The molecule has 1 saturated carbocycles. The number of aromatic nitrogens is 3. The van der Waals surface area contributed by atoms with Crippen molar-refractivity contribution in [2.75, 3.05) is 19.4 Å². The molecule has 0 spiro atoms. The fourth-order valence-electron chi connectivity index (χ4n) is 4.07. The van der Waals surface area contributed by atoms with Gasteiger partial charge in [0.25, 0.3) is 0 Å². The second kappa shape index (κ2) is 7.61. The van der Waals surface area contributed by atoms with Gasteiger partial charge in [-0.3, -0.25) is 4.98 Å². The van der Waals surface area contributed by atoms with Gasteiger partial charge in [0.1, 0.15) is 12.1 Å². The van der Waals surface area contributed by atoms with E-state index in [0.717, 1.165) is 16.7 Å². The van der Waals surface area contributed by atoms with Crippen LogP contribution in [0.2, 0.25) is 0 Å². The van der Waals surface area contributed by atoms with E-state index in [-0.39, 0.29) is 0 Å². The van der Waals surface area contributed by atoms with Crippen LogP contribution in [-0.2, 0) is 0 Å². The number of benzene rings is 1. The Labute approximate surface area is 160 Å². The first-order valence-electron chi connectivity index (χ1n) is 9.70. The summed E-state index contributed by atoms with van der Waals surface area (Å²) < 4.78 is 0. The lowest BCUT2D eigenvalue weighted by Crippen LogP contribution is -2.36. The highest BCUT2D eigenvalue weighted by Gasteiger charge is 2.23. The average molecular weight is 361 g/mol. The molecule has 4 rings (SSSR count). The van der Waals surface area contributed by atoms with Crippen molar-refractivity contribution in [2.24, 2.45) is 0 Å². The van der Waals surface area contributed by atoms with E-state index < -0.39 is 0 Å². The molecule has 0 aliphatic heterocycles. The van der Waals surface area contributed by atoms with E-state index in [1.807, 2.05) is 12.4 Å². The fourth-order valence-corrected chi connectivity index (χ4v) is 4.07. The summed E-state index contributed by atoms with van der Waals surface area (Å²) in [6.07, 6.45) is 10.2. The highest BCUT2D eigenvalue weighted by Crippen LogP contribution is 2.30. The first-order chi connectivity index (χ1) is 13.1. The number of aryl methyl sites for hydroxylation is 1. The van der Waals surface area contributed by atoms with Crippen LogP contribution in [0.25, 0.3) is 22.0 Å². The van der Waals surface area contributed by atoms with Crippen molar-refractivity contribution < 1.29 is 0 Å². The Hall–Kier alpha value is -2.53. The molecule has 0 radical (unpaired) electrons. The average Bonchev–Trinajstić information content (AvgIpc) is 2.69. The number of fused-ring (bicyclic) bond motifs is 1. The minimum atomic E-state index is 0.477. The minimum absolute atomic E-state index is 0.477. The number of pyridine rings is 1. The second-order valence-electron chi connectivity index (χ2n) is 7.76. The topological polar surface area (TPSA) is 53.9 Å². The van der Waals surface area contributed by atoms with Crippen molar-refractivity contribution in [3.8, 4) is 11.1 Å². The second-order valence-corrected chi connectivity index (χ2v) is 7.76. The van der Waals surface area contributed by atoms with Gasteiger partial charge in [0.2, 0.25) is 0 Å². The number of nitrogens with zero attached hydrogens (tertiary/aromatic N) is 4. The van der Waals surface area contributed by atoms with Gasteiger partial charge in [0.15, 0.2) is 0 Å². The van der Waals surface area contributed by atoms with Gasteiger partial charge in [-0.2, -0.15) is 0 Å². The summed E-state index contributed by atoms with van der Waals surface area (Å²) in [5.74, 6) is 0.946. The minimum Gasteiger partial charge on any atom is -0.367 e. The fraction of sp³-hybridized carbons (Fsp3) is 0.409. The molecule has 1 aliphatic carbocycles. The Balaban J connectivity index is 1.62. The molecule has 0 amide bonds. The number of hydrogen-bond acceptors (Lipinski definition) is 5. The lowest BCUT2D eigenvalue weighted by Gasteiger charge is -2.33. The zero-order valence-corrected chi connectivity index (χ0v) is 16.3. The van der Waals surface area contributed by atoms with Crippen molar-refractivity contribution in [3.63, 3.8) is 0 Å². The predicted molar refractivity (Wildman–Crippen MR) is 111 cm³/mol. The molecule has 1 aromatic carbocycles. The lowest BCUT2D eigenvalue weighted by molar-refractivity contribution is 0.221. The van der Waals surface area contributed by atoms with Crippen LogP contribution < -0.4 is 5.32 Å². The van der Waals surface area contributed by atoms with Crippen molar-refractivity contribution >= 4 is 16.7 Å². The monoisotopic (exact) mass is 361 g/mol. The zero-order valence-electron chi connectivity index (χ0n) is 16.3. The van der Waals surface area contributed by atoms with E-state index in [1.54, 1.807) is 6.33 Å². The Morgan fingerprint density at radius 1 is 1.04 bits per heavy atom. The smallest absolute Gasteiger partial charge is 0.137 e. The van der Waals surface area contributed by atoms with Gasteiger partial charge < -0.3 is 10.2 Å². The molecule has 0 saturated heterocycles. The van der Waals surface area contributed by atoms with Crippen LogP contribution in [0.5, 0.6) is 0 Å². The predicted octanol–water partition coefficient (Wildman–Crippen LogP) is 4.28. The normalized spacial score (nSPS) is 20.1. The lowest BCUT2D eigenvalue weighted by atomic mass is 9.90. The third-order valence-electron chi connectivity index (χ3n) is 5.73.